The van der Waals surface area contributed by atoms with Gasteiger partial charge in [-0.25, -0.2) is 4.39 Å². The summed E-state index contributed by atoms with van der Waals surface area (Å²) < 4.78 is 13.3. The van der Waals surface area contributed by atoms with Crippen LogP contribution in [0.5, 0.6) is 0 Å². The molecule has 1 aromatic carbocycles. The van der Waals surface area contributed by atoms with Crippen molar-refractivity contribution in [3.8, 4) is 0 Å². The van der Waals surface area contributed by atoms with Crippen LogP contribution >= 0.6 is 22.7 Å². The lowest BCUT2D eigenvalue weighted by Crippen LogP contribution is -2.31. The van der Waals surface area contributed by atoms with Crippen LogP contribution in [0.15, 0.2) is 41.8 Å². The highest BCUT2D eigenvalue weighted by atomic mass is 32.1. The van der Waals surface area contributed by atoms with E-state index in [9.17, 15) is 14.0 Å². The molecule has 1 aliphatic rings. The molecule has 9 heteroatoms. The summed E-state index contributed by atoms with van der Waals surface area (Å²) in [4.78, 5) is 27.9. The number of nitrogens with zero attached hydrogens (tertiary/aromatic N) is 3. The van der Waals surface area contributed by atoms with Crippen LogP contribution in [0, 0.1) is 5.82 Å². The number of carbonyl (C=O) groups is 2. The minimum atomic E-state index is -0.441. The number of nitrogens with one attached hydrogen (secondary N) is 1. The maximum absolute atomic E-state index is 13.3. The Kier molecular flexibility index (Phi) is 5.45. The Bertz CT molecular complexity index is 990. The molecule has 0 unspecified atom stereocenters. The van der Waals surface area contributed by atoms with E-state index in [2.05, 4.69) is 15.5 Å². The Morgan fingerprint density at radius 1 is 1.25 bits per heavy atom. The molecule has 1 saturated heterocycles. The summed E-state index contributed by atoms with van der Waals surface area (Å²) in [6, 6.07) is 9.40. The van der Waals surface area contributed by atoms with Crippen molar-refractivity contribution in [2.24, 2.45) is 0 Å². The number of likely N-dealkylation sites (tertiary alicyclic amines) is 1. The van der Waals surface area contributed by atoms with E-state index in [-0.39, 0.29) is 17.0 Å². The molecule has 0 aliphatic carbocycles. The van der Waals surface area contributed by atoms with Gasteiger partial charge in [-0.2, -0.15) is 0 Å². The molecule has 1 aliphatic heterocycles. The summed E-state index contributed by atoms with van der Waals surface area (Å²) in [5.41, 5.74) is 0.357. The molecule has 0 spiro atoms. The van der Waals surface area contributed by atoms with E-state index >= 15 is 0 Å². The fraction of sp³-hybridized carbons (Fsp3) is 0.263. The first-order valence-corrected chi connectivity index (χ1v) is 10.5. The van der Waals surface area contributed by atoms with Gasteiger partial charge < -0.3 is 10.2 Å². The number of benzene rings is 1. The molecular formula is C19H17FN4O2S2. The molecular weight excluding hydrogens is 399 g/mol. The highest BCUT2D eigenvalue weighted by Crippen LogP contribution is 2.34. The SMILES string of the molecule is O=C(Nc1cccc(F)c1)c1nnc([C@H]2CCCN2C(=O)Cc2cccs2)s1. The molecule has 3 heterocycles. The van der Waals surface area contributed by atoms with Crippen molar-refractivity contribution in [1.82, 2.24) is 15.1 Å². The lowest BCUT2D eigenvalue weighted by Gasteiger charge is -2.22. The number of hydrogen-bond donors (Lipinski definition) is 1. The zero-order valence-corrected chi connectivity index (χ0v) is 16.4. The molecule has 4 rings (SSSR count). The largest absolute Gasteiger partial charge is 0.333 e. The van der Waals surface area contributed by atoms with E-state index in [1.54, 1.807) is 17.4 Å². The van der Waals surface area contributed by atoms with Gasteiger partial charge in [-0.1, -0.05) is 23.5 Å². The molecule has 0 radical (unpaired) electrons. The predicted molar refractivity (Wildman–Crippen MR) is 106 cm³/mol. The fourth-order valence-electron chi connectivity index (χ4n) is 3.20. The van der Waals surface area contributed by atoms with Crippen molar-refractivity contribution in [1.29, 1.82) is 0 Å². The lowest BCUT2D eigenvalue weighted by molar-refractivity contribution is -0.131. The van der Waals surface area contributed by atoms with Crippen molar-refractivity contribution >= 4 is 40.2 Å². The second-order valence-corrected chi connectivity index (χ2v) is 8.45. The highest BCUT2D eigenvalue weighted by molar-refractivity contribution is 7.13. The minimum absolute atomic E-state index is 0.0610. The van der Waals surface area contributed by atoms with Crippen LogP contribution in [0.1, 0.15) is 38.6 Å². The second kappa shape index (κ2) is 8.15. The molecule has 2 amide bonds. The number of anilines is 1. The van der Waals surface area contributed by atoms with E-state index in [1.165, 1.54) is 29.5 Å². The summed E-state index contributed by atoms with van der Waals surface area (Å²) in [6.45, 7) is 0.680. The van der Waals surface area contributed by atoms with Crippen molar-refractivity contribution in [3.05, 3.63) is 62.5 Å². The third-order valence-corrected chi connectivity index (χ3v) is 6.38. The van der Waals surface area contributed by atoms with Gasteiger partial charge in [0.2, 0.25) is 10.9 Å². The third-order valence-electron chi connectivity index (χ3n) is 4.48. The summed E-state index contributed by atoms with van der Waals surface area (Å²) in [6.07, 6.45) is 2.07. The van der Waals surface area contributed by atoms with E-state index in [1.807, 2.05) is 22.4 Å². The molecule has 28 heavy (non-hydrogen) atoms. The van der Waals surface area contributed by atoms with E-state index in [0.29, 0.717) is 23.7 Å². The van der Waals surface area contributed by atoms with Gasteiger partial charge >= 0.3 is 0 Å². The van der Waals surface area contributed by atoms with Crippen LogP contribution < -0.4 is 5.32 Å². The van der Waals surface area contributed by atoms with Gasteiger partial charge in [0.1, 0.15) is 10.8 Å². The summed E-state index contributed by atoms with van der Waals surface area (Å²) >= 11 is 2.74. The predicted octanol–water partition coefficient (Wildman–Crippen LogP) is 3.90. The van der Waals surface area contributed by atoms with E-state index in [0.717, 1.165) is 17.7 Å². The molecule has 3 aromatic rings. The maximum atomic E-state index is 13.3. The number of halogens is 1. The Labute approximate surface area is 169 Å². The van der Waals surface area contributed by atoms with E-state index < -0.39 is 11.7 Å². The van der Waals surface area contributed by atoms with Crippen LogP contribution in [0.2, 0.25) is 0 Å². The molecule has 1 fully saturated rings. The molecule has 6 nitrogen and oxygen atoms in total. The maximum Gasteiger partial charge on any atom is 0.286 e. The quantitative estimate of drug-likeness (QED) is 0.685. The average Bonchev–Trinajstić information content (AvgIpc) is 3.42. The average molecular weight is 417 g/mol. The normalized spacial score (nSPS) is 16.3. The fourth-order valence-corrected chi connectivity index (χ4v) is 4.78. The first kappa shape index (κ1) is 18.7. The molecule has 0 bridgehead atoms. The first-order chi connectivity index (χ1) is 13.6. The number of amides is 2. The van der Waals surface area contributed by atoms with Crippen LogP contribution in [0.4, 0.5) is 10.1 Å². The monoisotopic (exact) mass is 416 g/mol. The van der Waals surface area contributed by atoms with Gasteiger partial charge in [-0.3, -0.25) is 9.59 Å². The zero-order chi connectivity index (χ0) is 19.5. The van der Waals surface area contributed by atoms with Gasteiger partial charge in [0, 0.05) is 17.1 Å². The van der Waals surface area contributed by atoms with Gasteiger partial charge in [-0.15, -0.1) is 21.5 Å². The standard InChI is InChI=1S/C19H17FN4O2S2/c20-12-4-1-5-13(10-12)21-17(26)19-23-22-18(28-19)15-7-2-8-24(15)16(25)11-14-6-3-9-27-14/h1,3-6,9-10,15H,2,7-8,11H2,(H,21,26)/t15-/m1/s1. The number of hydrogen-bond acceptors (Lipinski definition) is 6. The molecule has 144 valence electrons. The molecule has 1 atom stereocenters. The Morgan fingerprint density at radius 2 is 2.14 bits per heavy atom. The van der Waals surface area contributed by atoms with Gasteiger partial charge in [0.25, 0.3) is 5.91 Å². The van der Waals surface area contributed by atoms with E-state index in [4.69, 9.17) is 0 Å². The Morgan fingerprint density at radius 3 is 2.93 bits per heavy atom. The summed E-state index contributed by atoms with van der Waals surface area (Å²) in [7, 11) is 0. The first-order valence-electron chi connectivity index (χ1n) is 8.82. The third kappa shape index (κ3) is 4.10. The van der Waals surface area contributed by atoms with Gasteiger partial charge in [0.15, 0.2) is 0 Å². The Hall–Kier alpha value is -2.65. The van der Waals surface area contributed by atoms with Crippen molar-refractivity contribution in [2.45, 2.75) is 25.3 Å². The van der Waals surface area contributed by atoms with Crippen molar-refractivity contribution in [2.75, 3.05) is 11.9 Å². The van der Waals surface area contributed by atoms with Crippen LogP contribution in [-0.2, 0) is 11.2 Å². The van der Waals surface area contributed by atoms with Crippen molar-refractivity contribution in [3.63, 3.8) is 0 Å². The van der Waals surface area contributed by atoms with Crippen LogP contribution in [-0.4, -0.2) is 33.5 Å². The minimum Gasteiger partial charge on any atom is -0.333 e. The summed E-state index contributed by atoms with van der Waals surface area (Å²) in [5.74, 6) is -0.809. The number of thiophene rings is 1. The zero-order valence-electron chi connectivity index (χ0n) is 14.8. The smallest absolute Gasteiger partial charge is 0.286 e. The van der Waals surface area contributed by atoms with Gasteiger partial charge in [0.05, 0.1) is 12.5 Å². The molecule has 0 saturated carbocycles. The highest BCUT2D eigenvalue weighted by Gasteiger charge is 2.33. The Balaban J connectivity index is 1.45. The summed E-state index contributed by atoms with van der Waals surface area (Å²) in [5, 5.41) is 13.5. The topological polar surface area (TPSA) is 75.2 Å². The molecule has 2 aromatic heterocycles. The van der Waals surface area contributed by atoms with Crippen LogP contribution in [0.3, 0.4) is 0 Å². The number of carbonyl (C=O) groups excluding carboxylic acids is 2. The second-order valence-electron chi connectivity index (χ2n) is 6.41. The van der Waals surface area contributed by atoms with Crippen molar-refractivity contribution < 1.29 is 14.0 Å². The van der Waals surface area contributed by atoms with Crippen LogP contribution in [0.25, 0.3) is 0 Å². The van der Waals surface area contributed by atoms with Gasteiger partial charge in [-0.05, 0) is 42.5 Å². The number of rotatable bonds is 5. The number of aromatic nitrogens is 2. The molecule has 1 N–H and O–H groups in total. The lowest BCUT2D eigenvalue weighted by atomic mass is 10.2.